The number of anilines is 2. The molecule has 3 rings (SSSR count). The molecule has 4 heteroatoms. The maximum absolute atomic E-state index is 11.8. The molecule has 2 saturated heterocycles. The Balaban J connectivity index is 1.70. The van der Waals surface area contributed by atoms with Crippen LogP contribution in [0.1, 0.15) is 25.7 Å². The minimum atomic E-state index is 0.255. The minimum absolute atomic E-state index is 0.255. The summed E-state index contributed by atoms with van der Waals surface area (Å²) in [6, 6.07) is 8.86. The van der Waals surface area contributed by atoms with E-state index in [1.54, 1.807) is 0 Å². The van der Waals surface area contributed by atoms with E-state index in [4.69, 9.17) is 0 Å². The Labute approximate surface area is 118 Å². The average Bonchev–Trinajstić information content (AvgIpc) is 2.86. The van der Waals surface area contributed by atoms with Crippen molar-refractivity contribution in [3.8, 4) is 0 Å². The van der Waals surface area contributed by atoms with E-state index in [1.807, 2.05) is 28.8 Å². The van der Waals surface area contributed by atoms with Gasteiger partial charge in [0.1, 0.15) is 0 Å². The van der Waals surface area contributed by atoms with Gasteiger partial charge in [-0.25, -0.2) is 0 Å². The highest BCUT2D eigenvalue weighted by Gasteiger charge is 2.22. The van der Waals surface area contributed by atoms with Crippen molar-refractivity contribution >= 4 is 29.0 Å². The molecule has 1 aromatic carbocycles. The van der Waals surface area contributed by atoms with Crippen LogP contribution in [0.5, 0.6) is 0 Å². The number of thioether (sulfide) groups is 1. The molecule has 0 saturated carbocycles. The Kier molecular flexibility index (Phi) is 3.97. The molecule has 102 valence electrons. The lowest BCUT2D eigenvalue weighted by Crippen LogP contribution is -2.26. The third kappa shape index (κ3) is 3.06. The maximum Gasteiger partial charge on any atom is 0.227 e. The topological polar surface area (TPSA) is 32.3 Å². The number of carbonyl (C=O) groups is 1. The second-order valence-corrected chi connectivity index (χ2v) is 6.41. The van der Waals surface area contributed by atoms with E-state index in [0.29, 0.717) is 12.5 Å². The van der Waals surface area contributed by atoms with Crippen molar-refractivity contribution in [3.05, 3.63) is 24.3 Å². The van der Waals surface area contributed by atoms with Gasteiger partial charge in [0.25, 0.3) is 0 Å². The van der Waals surface area contributed by atoms with Gasteiger partial charge in [0, 0.05) is 36.1 Å². The fourth-order valence-corrected chi connectivity index (χ4v) is 3.85. The summed E-state index contributed by atoms with van der Waals surface area (Å²) in [7, 11) is 0. The zero-order valence-electron chi connectivity index (χ0n) is 11.1. The third-order valence-corrected chi connectivity index (χ3v) is 4.98. The molecule has 0 radical (unpaired) electrons. The molecule has 2 aliphatic rings. The lowest BCUT2D eigenvalue weighted by Gasteiger charge is -2.24. The van der Waals surface area contributed by atoms with Gasteiger partial charge < -0.3 is 10.2 Å². The van der Waals surface area contributed by atoms with Crippen LogP contribution in [0.3, 0.4) is 0 Å². The summed E-state index contributed by atoms with van der Waals surface area (Å²) in [4.78, 5) is 13.7. The third-order valence-electron chi connectivity index (χ3n) is 3.76. The van der Waals surface area contributed by atoms with Crippen LogP contribution >= 0.6 is 11.8 Å². The monoisotopic (exact) mass is 276 g/mol. The Hall–Kier alpha value is -1.16. The van der Waals surface area contributed by atoms with E-state index in [9.17, 15) is 4.79 Å². The molecule has 19 heavy (non-hydrogen) atoms. The molecule has 0 aliphatic carbocycles. The van der Waals surface area contributed by atoms with Crippen molar-refractivity contribution in [2.45, 2.75) is 31.7 Å². The molecule has 0 unspecified atom stereocenters. The Morgan fingerprint density at radius 1 is 1.32 bits per heavy atom. The molecule has 1 amide bonds. The summed E-state index contributed by atoms with van der Waals surface area (Å²) in [6.45, 7) is 0.863. The first-order chi connectivity index (χ1) is 9.33. The first kappa shape index (κ1) is 12.9. The molecule has 0 spiro atoms. The summed E-state index contributed by atoms with van der Waals surface area (Å²) in [5.41, 5.74) is 2.18. The van der Waals surface area contributed by atoms with E-state index in [-0.39, 0.29) is 5.91 Å². The second kappa shape index (κ2) is 5.87. The quantitative estimate of drug-likeness (QED) is 0.920. The van der Waals surface area contributed by atoms with Crippen LogP contribution in [0.15, 0.2) is 24.3 Å². The zero-order chi connectivity index (χ0) is 13.1. The number of hydrogen-bond donors (Lipinski definition) is 1. The largest absolute Gasteiger partial charge is 0.381 e. The standard InChI is InChI=1S/C15H20N2OS/c18-15-7-2-8-17(15)14-6-1-4-12(10-14)16-13-5-3-9-19-11-13/h1,4,6,10,13,16H,2-3,5,7-9,11H2/t13-/m0/s1. The predicted molar refractivity (Wildman–Crippen MR) is 82.0 cm³/mol. The highest BCUT2D eigenvalue weighted by molar-refractivity contribution is 7.99. The summed E-state index contributed by atoms with van der Waals surface area (Å²) >= 11 is 2.03. The van der Waals surface area contributed by atoms with Crippen molar-refractivity contribution in [3.63, 3.8) is 0 Å². The maximum atomic E-state index is 11.8. The minimum Gasteiger partial charge on any atom is -0.381 e. The molecular formula is C15H20N2OS. The van der Waals surface area contributed by atoms with Crippen LogP contribution in [0.25, 0.3) is 0 Å². The van der Waals surface area contributed by atoms with Gasteiger partial charge in [-0.2, -0.15) is 11.8 Å². The lowest BCUT2D eigenvalue weighted by atomic mass is 10.1. The van der Waals surface area contributed by atoms with Crippen LogP contribution in [-0.4, -0.2) is 30.0 Å². The molecule has 2 fully saturated rings. The molecule has 2 heterocycles. The lowest BCUT2D eigenvalue weighted by molar-refractivity contribution is -0.117. The normalized spacial score (nSPS) is 23.7. The Bertz CT molecular complexity index is 457. The molecule has 2 aliphatic heterocycles. The van der Waals surface area contributed by atoms with Crippen LogP contribution < -0.4 is 10.2 Å². The van der Waals surface area contributed by atoms with Crippen molar-refractivity contribution in [2.24, 2.45) is 0 Å². The van der Waals surface area contributed by atoms with Crippen LogP contribution in [0.4, 0.5) is 11.4 Å². The summed E-state index contributed by atoms with van der Waals surface area (Å²) < 4.78 is 0. The SMILES string of the molecule is O=C1CCCN1c1cccc(N[C@H]2CCCSC2)c1. The van der Waals surface area contributed by atoms with Gasteiger partial charge >= 0.3 is 0 Å². The van der Waals surface area contributed by atoms with Crippen LogP contribution in [0.2, 0.25) is 0 Å². The van der Waals surface area contributed by atoms with Crippen LogP contribution in [-0.2, 0) is 4.79 Å². The number of nitrogens with one attached hydrogen (secondary N) is 1. The number of carbonyl (C=O) groups excluding carboxylic acids is 1. The molecule has 1 atom stereocenters. The van der Waals surface area contributed by atoms with Gasteiger partial charge in [-0.05, 0) is 43.2 Å². The van der Waals surface area contributed by atoms with Gasteiger partial charge in [0.2, 0.25) is 5.91 Å². The fourth-order valence-electron chi connectivity index (χ4n) is 2.77. The number of nitrogens with zero attached hydrogens (tertiary/aromatic N) is 1. The van der Waals surface area contributed by atoms with Crippen molar-refractivity contribution in [2.75, 3.05) is 28.3 Å². The molecule has 0 aromatic heterocycles. The second-order valence-electron chi connectivity index (χ2n) is 5.26. The number of amides is 1. The van der Waals surface area contributed by atoms with Crippen molar-refractivity contribution < 1.29 is 4.79 Å². The first-order valence-corrected chi connectivity index (χ1v) is 8.23. The summed E-state index contributed by atoms with van der Waals surface area (Å²) in [6.07, 6.45) is 4.22. The van der Waals surface area contributed by atoms with E-state index in [0.717, 1.165) is 24.3 Å². The summed E-state index contributed by atoms with van der Waals surface area (Å²) in [5.74, 6) is 2.73. The van der Waals surface area contributed by atoms with Gasteiger partial charge in [0.05, 0.1) is 0 Å². The molecular weight excluding hydrogens is 256 g/mol. The molecule has 0 bridgehead atoms. The number of hydrogen-bond acceptors (Lipinski definition) is 3. The highest BCUT2D eigenvalue weighted by atomic mass is 32.2. The smallest absolute Gasteiger partial charge is 0.227 e. The fraction of sp³-hybridized carbons (Fsp3) is 0.533. The number of rotatable bonds is 3. The van der Waals surface area contributed by atoms with Crippen LogP contribution in [0, 0.1) is 0 Å². The molecule has 1 aromatic rings. The highest BCUT2D eigenvalue weighted by Crippen LogP contribution is 2.26. The summed E-state index contributed by atoms with van der Waals surface area (Å²) in [5, 5.41) is 3.60. The Morgan fingerprint density at radius 2 is 2.26 bits per heavy atom. The van der Waals surface area contributed by atoms with Crippen molar-refractivity contribution in [1.29, 1.82) is 0 Å². The van der Waals surface area contributed by atoms with E-state index < -0.39 is 0 Å². The average molecular weight is 276 g/mol. The van der Waals surface area contributed by atoms with E-state index in [2.05, 4.69) is 17.4 Å². The number of benzene rings is 1. The van der Waals surface area contributed by atoms with Gasteiger partial charge in [-0.15, -0.1) is 0 Å². The molecule has 1 N–H and O–H groups in total. The Morgan fingerprint density at radius 3 is 3.00 bits per heavy atom. The van der Waals surface area contributed by atoms with Gasteiger partial charge in [-0.3, -0.25) is 4.79 Å². The van der Waals surface area contributed by atoms with E-state index >= 15 is 0 Å². The first-order valence-electron chi connectivity index (χ1n) is 7.08. The molecule has 3 nitrogen and oxygen atoms in total. The predicted octanol–water partition coefficient (Wildman–Crippen LogP) is 3.12. The van der Waals surface area contributed by atoms with Gasteiger partial charge in [0.15, 0.2) is 0 Å². The zero-order valence-corrected chi connectivity index (χ0v) is 11.9. The van der Waals surface area contributed by atoms with Crippen molar-refractivity contribution in [1.82, 2.24) is 0 Å². The van der Waals surface area contributed by atoms with Gasteiger partial charge in [-0.1, -0.05) is 6.07 Å². The van der Waals surface area contributed by atoms with E-state index in [1.165, 1.54) is 24.3 Å².